The van der Waals surface area contributed by atoms with E-state index in [1.165, 1.54) is 6.07 Å². The molecule has 98 valence electrons. The third kappa shape index (κ3) is 2.53. The maximum absolute atomic E-state index is 13.6. The van der Waals surface area contributed by atoms with Gasteiger partial charge in [0.25, 0.3) is 0 Å². The third-order valence-electron chi connectivity index (χ3n) is 2.84. The Morgan fingerprint density at radius 3 is 2.50 bits per heavy atom. The Bertz CT molecular complexity index is 581. The van der Waals surface area contributed by atoms with Gasteiger partial charge >= 0.3 is 0 Å². The smallest absolute Gasteiger partial charge is 0.170 e. The van der Waals surface area contributed by atoms with Crippen LogP contribution in [0.15, 0.2) is 16.5 Å². The average molecular weight is 253 g/mol. The summed E-state index contributed by atoms with van der Waals surface area (Å²) in [5.41, 5.74) is 0.842. The molecular weight excluding hydrogens is 236 g/mol. The highest BCUT2D eigenvalue weighted by Gasteiger charge is 2.17. The number of rotatable bonds is 2. The number of fused-ring (bicyclic) bond motifs is 1. The molecule has 2 aromatic rings. The van der Waals surface area contributed by atoms with Gasteiger partial charge in [0.05, 0.1) is 6.54 Å². The number of halogens is 2. The first-order chi connectivity index (χ1) is 8.28. The number of hydrogen-bond acceptors (Lipinski definition) is 2. The van der Waals surface area contributed by atoms with Crippen molar-refractivity contribution in [2.24, 2.45) is 0 Å². The van der Waals surface area contributed by atoms with Gasteiger partial charge in [0.1, 0.15) is 11.6 Å². The van der Waals surface area contributed by atoms with E-state index in [4.69, 9.17) is 4.42 Å². The lowest BCUT2D eigenvalue weighted by Crippen LogP contribution is -2.35. The van der Waals surface area contributed by atoms with Crippen molar-refractivity contribution in [1.82, 2.24) is 5.32 Å². The predicted octanol–water partition coefficient (Wildman–Crippen LogP) is 3.91. The molecule has 2 nitrogen and oxygen atoms in total. The molecule has 1 heterocycles. The minimum absolute atomic E-state index is 0.0603. The molecule has 0 aliphatic heterocycles. The van der Waals surface area contributed by atoms with E-state index < -0.39 is 11.6 Å². The van der Waals surface area contributed by atoms with Gasteiger partial charge in [-0.3, -0.25) is 0 Å². The Balaban J connectivity index is 2.41. The summed E-state index contributed by atoms with van der Waals surface area (Å²) in [5, 5.41) is 3.76. The first-order valence-corrected chi connectivity index (χ1v) is 5.90. The van der Waals surface area contributed by atoms with Crippen molar-refractivity contribution in [2.45, 2.75) is 39.8 Å². The van der Waals surface area contributed by atoms with Gasteiger partial charge in [0.2, 0.25) is 0 Å². The van der Waals surface area contributed by atoms with Crippen molar-refractivity contribution in [3.8, 4) is 0 Å². The Hall–Kier alpha value is -1.42. The normalized spacial score (nSPS) is 12.3. The molecule has 18 heavy (non-hydrogen) atoms. The fourth-order valence-corrected chi connectivity index (χ4v) is 1.81. The quantitative estimate of drug-likeness (QED) is 0.877. The number of aryl methyl sites for hydroxylation is 1. The molecule has 0 fully saturated rings. The molecule has 1 aromatic carbocycles. The summed E-state index contributed by atoms with van der Waals surface area (Å²) in [6.45, 7) is 8.40. The second-order valence-corrected chi connectivity index (χ2v) is 5.52. The lowest BCUT2D eigenvalue weighted by Gasteiger charge is -2.19. The zero-order valence-corrected chi connectivity index (χ0v) is 11.0. The molecular formula is C14H17F2NO. The van der Waals surface area contributed by atoms with Crippen LogP contribution in [0.2, 0.25) is 0 Å². The van der Waals surface area contributed by atoms with Crippen LogP contribution in [-0.2, 0) is 6.54 Å². The van der Waals surface area contributed by atoms with Gasteiger partial charge in [-0.25, -0.2) is 8.78 Å². The van der Waals surface area contributed by atoms with Crippen LogP contribution < -0.4 is 5.32 Å². The standard InChI is InChI=1S/C14H17F2NO/c1-8-10-5-9(15)6-11(16)13(10)18-12(8)7-17-14(2,3)4/h5-6,17H,7H2,1-4H3. The summed E-state index contributed by atoms with van der Waals surface area (Å²) in [6.07, 6.45) is 0. The Labute approximate surface area is 105 Å². The van der Waals surface area contributed by atoms with Crippen molar-refractivity contribution in [3.05, 3.63) is 35.1 Å². The van der Waals surface area contributed by atoms with Gasteiger partial charge in [-0.1, -0.05) is 0 Å². The van der Waals surface area contributed by atoms with Crippen LogP contribution in [0.3, 0.4) is 0 Å². The van der Waals surface area contributed by atoms with Crippen LogP contribution in [0.4, 0.5) is 8.78 Å². The highest BCUT2D eigenvalue weighted by Crippen LogP contribution is 2.28. The van der Waals surface area contributed by atoms with Crippen LogP contribution in [0, 0.1) is 18.6 Å². The van der Waals surface area contributed by atoms with E-state index in [-0.39, 0.29) is 11.1 Å². The molecule has 1 N–H and O–H groups in total. The molecule has 4 heteroatoms. The number of hydrogen-bond donors (Lipinski definition) is 1. The second kappa shape index (κ2) is 4.35. The number of benzene rings is 1. The minimum Gasteiger partial charge on any atom is -0.456 e. The van der Waals surface area contributed by atoms with Crippen LogP contribution in [0.25, 0.3) is 11.0 Å². The fourth-order valence-electron chi connectivity index (χ4n) is 1.81. The maximum atomic E-state index is 13.6. The van der Waals surface area contributed by atoms with Crippen molar-refractivity contribution in [2.75, 3.05) is 0 Å². The second-order valence-electron chi connectivity index (χ2n) is 5.52. The SMILES string of the molecule is Cc1c(CNC(C)(C)C)oc2c(F)cc(F)cc12. The first kappa shape index (κ1) is 13.0. The Morgan fingerprint density at radius 1 is 1.22 bits per heavy atom. The molecule has 0 aliphatic rings. The summed E-state index contributed by atoms with van der Waals surface area (Å²) in [7, 11) is 0. The van der Waals surface area contributed by atoms with Gasteiger partial charge in [-0.05, 0) is 39.3 Å². The monoisotopic (exact) mass is 253 g/mol. The van der Waals surface area contributed by atoms with Gasteiger partial charge in [-0.15, -0.1) is 0 Å². The van der Waals surface area contributed by atoms with E-state index in [0.29, 0.717) is 17.7 Å². The zero-order chi connectivity index (χ0) is 13.5. The Morgan fingerprint density at radius 2 is 1.89 bits per heavy atom. The summed E-state index contributed by atoms with van der Waals surface area (Å²) in [6, 6.07) is 2.14. The van der Waals surface area contributed by atoms with E-state index in [2.05, 4.69) is 5.32 Å². The van der Waals surface area contributed by atoms with Crippen LogP contribution >= 0.6 is 0 Å². The van der Waals surface area contributed by atoms with Gasteiger partial charge in [-0.2, -0.15) is 0 Å². The highest BCUT2D eigenvalue weighted by molar-refractivity contribution is 5.82. The van der Waals surface area contributed by atoms with Crippen LogP contribution in [0.5, 0.6) is 0 Å². The van der Waals surface area contributed by atoms with E-state index in [9.17, 15) is 8.78 Å². The Kier molecular flexibility index (Phi) is 3.15. The molecule has 0 atom stereocenters. The lowest BCUT2D eigenvalue weighted by molar-refractivity contribution is 0.392. The van der Waals surface area contributed by atoms with E-state index in [1.54, 1.807) is 0 Å². The lowest BCUT2D eigenvalue weighted by atomic mass is 10.1. The third-order valence-corrected chi connectivity index (χ3v) is 2.84. The highest BCUT2D eigenvalue weighted by atomic mass is 19.1. The molecule has 1 aromatic heterocycles. The molecule has 0 saturated heterocycles. The number of nitrogens with one attached hydrogen (secondary N) is 1. The number of furan rings is 1. The maximum Gasteiger partial charge on any atom is 0.170 e. The van der Waals surface area contributed by atoms with Crippen molar-refractivity contribution < 1.29 is 13.2 Å². The summed E-state index contributed by atoms with van der Waals surface area (Å²) >= 11 is 0. The molecule has 0 unspecified atom stereocenters. The summed E-state index contributed by atoms with van der Waals surface area (Å²) < 4.78 is 32.2. The van der Waals surface area contributed by atoms with E-state index in [0.717, 1.165) is 11.6 Å². The van der Waals surface area contributed by atoms with Gasteiger partial charge in [0.15, 0.2) is 11.4 Å². The van der Waals surface area contributed by atoms with Crippen molar-refractivity contribution in [1.29, 1.82) is 0 Å². The summed E-state index contributed by atoms with van der Waals surface area (Å²) in [4.78, 5) is 0. The molecule has 0 radical (unpaired) electrons. The molecule has 0 saturated carbocycles. The zero-order valence-electron chi connectivity index (χ0n) is 11.0. The van der Waals surface area contributed by atoms with E-state index >= 15 is 0 Å². The first-order valence-electron chi connectivity index (χ1n) is 5.90. The van der Waals surface area contributed by atoms with Crippen molar-refractivity contribution >= 4 is 11.0 Å². The largest absolute Gasteiger partial charge is 0.456 e. The van der Waals surface area contributed by atoms with E-state index in [1.807, 2.05) is 27.7 Å². The van der Waals surface area contributed by atoms with Gasteiger partial charge < -0.3 is 9.73 Å². The average Bonchev–Trinajstić information content (AvgIpc) is 2.53. The molecule has 2 rings (SSSR count). The van der Waals surface area contributed by atoms with Crippen molar-refractivity contribution in [3.63, 3.8) is 0 Å². The van der Waals surface area contributed by atoms with Crippen LogP contribution in [-0.4, -0.2) is 5.54 Å². The topological polar surface area (TPSA) is 25.2 Å². The summed E-state index contributed by atoms with van der Waals surface area (Å²) in [5.74, 6) is -0.598. The predicted molar refractivity (Wildman–Crippen MR) is 67.5 cm³/mol. The van der Waals surface area contributed by atoms with Crippen LogP contribution in [0.1, 0.15) is 32.1 Å². The molecule has 0 amide bonds. The minimum atomic E-state index is -0.657. The molecule has 0 aliphatic carbocycles. The molecule has 0 spiro atoms. The molecule has 0 bridgehead atoms. The van der Waals surface area contributed by atoms with Gasteiger partial charge in [0, 0.05) is 17.0 Å². The fraction of sp³-hybridized carbons (Fsp3) is 0.429.